The Hall–Kier alpha value is -2.01. The number of ether oxygens (including phenoxy) is 1. The van der Waals surface area contributed by atoms with Crippen molar-refractivity contribution in [3.63, 3.8) is 0 Å². The van der Waals surface area contributed by atoms with Crippen LogP contribution in [0.5, 0.6) is 5.75 Å². The van der Waals surface area contributed by atoms with E-state index in [0.29, 0.717) is 6.54 Å². The van der Waals surface area contributed by atoms with E-state index in [1.165, 1.54) is 0 Å². The van der Waals surface area contributed by atoms with E-state index >= 15 is 0 Å². The van der Waals surface area contributed by atoms with E-state index in [4.69, 9.17) is 10.5 Å². The Morgan fingerprint density at radius 2 is 2.30 bits per heavy atom. The summed E-state index contributed by atoms with van der Waals surface area (Å²) in [6.45, 7) is 3.57. The van der Waals surface area contributed by atoms with E-state index in [2.05, 4.69) is 17.3 Å². The lowest BCUT2D eigenvalue weighted by molar-refractivity contribution is 0.415. The monoisotopic (exact) mass is 274 g/mol. The quantitative estimate of drug-likeness (QED) is 0.813. The molecule has 5 nitrogen and oxygen atoms in total. The topological polar surface area (TPSA) is 65.1 Å². The predicted molar refractivity (Wildman–Crippen MR) is 80.9 cm³/mol. The van der Waals surface area contributed by atoms with Gasteiger partial charge in [-0.05, 0) is 18.6 Å². The minimum absolute atomic E-state index is 0.0488. The second-order valence-electron chi connectivity index (χ2n) is 4.70. The van der Waals surface area contributed by atoms with E-state index in [1.54, 1.807) is 7.11 Å². The van der Waals surface area contributed by atoms with Crippen LogP contribution in [0.2, 0.25) is 0 Å². The van der Waals surface area contributed by atoms with Crippen LogP contribution in [0.3, 0.4) is 0 Å². The highest BCUT2D eigenvalue weighted by molar-refractivity contribution is 5.49. The van der Waals surface area contributed by atoms with Crippen LogP contribution < -0.4 is 15.8 Å². The fourth-order valence-electron chi connectivity index (χ4n) is 2.10. The first-order valence-corrected chi connectivity index (χ1v) is 6.89. The number of nitrogens with zero attached hydrogens (tertiary/aromatic N) is 2. The van der Waals surface area contributed by atoms with Crippen LogP contribution in [0, 0.1) is 0 Å². The van der Waals surface area contributed by atoms with Crippen LogP contribution in [0.4, 0.5) is 5.69 Å². The molecular weight excluding hydrogens is 252 g/mol. The van der Waals surface area contributed by atoms with Crippen molar-refractivity contribution in [2.75, 3.05) is 19.0 Å². The molecule has 0 fully saturated rings. The van der Waals surface area contributed by atoms with Crippen LogP contribution in [-0.4, -0.2) is 23.4 Å². The maximum absolute atomic E-state index is 5.88. The number of aromatic nitrogens is 2. The van der Waals surface area contributed by atoms with Crippen LogP contribution in [0.1, 0.15) is 24.9 Å². The van der Waals surface area contributed by atoms with Gasteiger partial charge in [-0.15, -0.1) is 0 Å². The maximum Gasteiger partial charge on any atom is 0.120 e. The fraction of sp³-hybridized carbons (Fsp3) is 0.400. The summed E-state index contributed by atoms with van der Waals surface area (Å²) in [5, 5.41) is 7.76. The van der Waals surface area contributed by atoms with Gasteiger partial charge in [0.25, 0.3) is 0 Å². The standard InChI is InChI=1S/C15H22N4O/c1-3-7-19-11-12(10-17-19)15(9-16)18-13-5-4-6-14(8-13)20-2/h4-6,8,10-11,15,18H,3,7,9,16H2,1-2H3. The molecule has 0 saturated heterocycles. The molecule has 0 bridgehead atoms. The van der Waals surface area contributed by atoms with Crippen molar-refractivity contribution in [2.24, 2.45) is 5.73 Å². The van der Waals surface area contributed by atoms with Crippen LogP contribution in [-0.2, 0) is 6.54 Å². The van der Waals surface area contributed by atoms with Crippen molar-refractivity contribution in [3.8, 4) is 5.75 Å². The number of anilines is 1. The molecule has 0 aliphatic carbocycles. The number of aryl methyl sites for hydroxylation is 1. The number of hydrogen-bond donors (Lipinski definition) is 2. The molecule has 0 aliphatic rings. The van der Waals surface area contributed by atoms with Crippen LogP contribution in [0.15, 0.2) is 36.7 Å². The number of nitrogens with two attached hydrogens (primary N) is 1. The molecule has 108 valence electrons. The highest BCUT2D eigenvalue weighted by Crippen LogP contribution is 2.22. The molecule has 20 heavy (non-hydrogen) atoms. The number of methoxy groups -OCH3 is 1. The van der Waals surface area contributed by atoms with Gasteiger partial charge < -0.3 is 15.8 Å². The van der Waals surface area contributed by atoms with Gasteiger partial charge in [-0.25, -0.2) is 0 Å². The summed E-state index contributed by atoms with van der Waals surface area (Å²) in [6.07, 6.45) is 4.99. The van der Waals surface area contributed by atoms with Crippen molar-refractivity contribution >= 4 is 5.69 Å². The van der Waals surface area contributed by atoms with Gasteiger partial charge in [0.2, 0.25) is 0 Å². The first-order chi connectivity index (χ1) is 9.76. The zero-order valence-corrected chi connectivity index (χ0v) is 12.0. The van der Waals surface area contributed by atoms with Gasteiger partial charge in [-0.3, -0.25) is 4.68 Å². The van der Waals surface area contributed by atoms with Gasteiger partial charge >= 0.3 is 0 Å². The van der Waals surface area contributed by atoms with Crippen molar-refractivity contribution < 1.29 is 4.74 Å². The SMILES string of the molecule is CCCn1cc(C(CN)Nc2cccc(OC)c2)cn1. The molecule has 1 aromatic heterocycles. The number of benzene rings is 1. The highest BCUT2D eigenvalue weighted by atomic mass is 16.5. The lowest BCUT2D eigenvalue weighted by atomic mass is 10.1. The Bertz CT molecular complexity index is 538. The van der Waals surface area contributed by atoms with E-state index in [0.717, 1.165) is 30.0 Å². The molecule has 1 atom stereocenters. The summed E-state index contributed by atoms with van der Waals surface area (Å²) in [6, 6.07) is 7.88. The number of hydrogen-bond acceptors (Lipinski definition) is 4. The van der Waals surface area contributed by atoms with Gasteiger partial charge in [-0.2, -0.15) is 5.10 Å². The van der Waals surface area contributed by atoms with E-state index in [9.17, 15) is 0 Å². The summed E-state index contributed by atoms with van der Waals surface area (Å²) in [5.74, 6) is 0.826. The fourth-order valence-corrected chi connectivity index (χ4v) is 2.10. The van der Waals surface area contributed by atoms with Gasteiger partial charge in [0.15, 0.2) is 0 Å². The smallest absolute Gasteiger partial charge is 0.120 e. The largest absolute Gasteiger partial charge is 0.497 e. The first-order valence-electron chi connectivity index (χ1n) is 6.89. The van der Waals surface area contributed by atoms with Crippen molar-refractivity contribution in [2.45, 2.75) is 25.9 Å². The summed E-state index contributed by atoms with van der Waals surface area (Å²) in [4.78, 5) is 0. The van der Waals surface area contributed by atoms with Gasteiger partial charge in [0.1, 0.15) is 5.75 Å². The zero-order valence-electron chi connectivity index (χ0n) is 12.0. The zero-order chi connectivity index (χ0) is 14.4. The summed E-state index contributed by atoms with van der Waals surface area (Å²) >= 11 is 0. The predicted octanol–water partition coefficient (Wildman–Crippen LogP) is 2.41. The number of nitrogens with one attached hydrogen (secondary N) is 1. The Balaban J connectivity index is 2.10. The molecule has 0 aliphatic heterocycles. The van der Waals surface area contributed by atoms with E-state index in [1.807, 2.05) is 41.3 Å². The Labute approximate surface area is 119 Å². The van der Waals surface area contributed by atoms with Crippen molar-refractivity contribution in [1.29, 1.82) is 0 Å². The lowest BCUT2D eigenvalue weighted by Crippen LogP contribution is -2.20. The molecule has 0 spiro atoms. The van der Waals surface area contributed by atoms with E-state index in [-0.39, 0.29) is 6.04 Å². The van der Waals surface area contributed by atoms with Crippen molar-refractivity contribution in [3.05, 3.63) is 42.2 Å². The minimum atomic E-state index is 0.0488. The third-order valence-corrected chi connectivity index (χ3v) is 3.15. The van der Waals surface area contributed by atoms with Crippen LogP contribution >= 0.6 is 0 Å². The lowest BCUT2D eigenvalue weighted by Gasteiger charge is -2.17. The normalized spacial score (nSPS) is 12.2. The molecule has 1 unspecified atom stereocenters. The Kier molecular flexibility index (Phi) is 5.01. The molecule has 0 radical (unpaired) electrons. The Morgan fingerprint density at radius 1 is 1.45 bits per heavy atom. The molecule has 3 N–H and O–H groups in total. The Morgan fingerprint density at radius 3 is 3.00 bits per heavy atom. The van der Waals surface area contributed by atoms with E-state index < -0.39 is 0 Å². The molecular formula is C15H22N4O. The van der Waals surface area contributed by atoms with Gasteiger partial charge in [0.05, 0.1) is 19.3 Å². The second-order valence-corrected chi connectivity index (χ2v) is 4.70. The molecule has 0 amide bonds. The molecule has 2 aromatic rings. The molecule has 1 aromatic carbocycles. The summed E-state index contributed by atoms with van der Waals surface area (Å²) < 4.78 is 7.17. The summed E-state index contributed by atoms with van der Waals surface area (Å²) in [5.41, 5.74) is 7.97. The third kappa shape index (κ3) is 3.51. The third-order valence-electron chi connectivity index (χ3n) is 3.15. The molecule has 0 saturated carbocycles. The average Bonchev–Trinajstić information content (AvgIpc) is 2.94. The van der Waals surface area contributed by atoms with Gasteiger partial charge in [0, 0.05) is 36.6 Å². The second kappa shape index (κ2) is 6.96. The highest BCUT2D eigenvalue weighted by Gasteiger charge is 2.12. The summed E-state index contributed by atoms with van der Waals surface area (Å²) in [7, 11) is 1.66. The van der Waals surface area contributed by atoms with Crippen LogP contribution in [0.25, 0.3) is 0 Å². The molecule has 1 heterocycles. The molecule has 5 heteroatoms. The average molecular weight is 274 g/mol. The first kappa shape index (κ1) is 14.4. The minimum Gasteiger partial charge on any atom is -0.497 e. The number of rotatable bonds is 7. The van der Waals surface area contributed by atoms with Gasteiger partial charge in [-0.1, -0.05) is 13.0 Å². The maximum atomic E-state index is 5.88. The molecule has 2 rings (SSSR count). The van der Waals surface area contributed by atoms with Crippen molar-refractivity contribution in [1.82, 2.24) is 9.78 Å².